The van der Waals surface area contributed by atoms with Crippen molar-refractivity contribution >= 4 is 27.7 Å². The van der Waals surface area contributed by atoms with Crippen molar-refractivity contribution in [2.75, 3.05) is 24.6 Å². The first-order chi connectivity index (χ1) is 11.4. The molecule has 0 spiro atoms. The Bertz CT molecular complexity index is 685. The first-order valence-electron chi connectivity index (χ1n) is 8.08. The van der Waals surface area contributed by atoms with Crippen molar-refractivity contribution in [3.8, 4) is 0 Å². The SMILES string of the molecule is CCN(CC)S(=O)(=O)c1cc(C(=O)NC2CCSCC2)ccc1F. The zero-order valence-corrected chi connectivity index (χ0v) is 15.6. The molecule has 0 aliphatic carbocycles. The van der Waals surface area contributed by atoms with Crippen LogP contribution in [0.5, 0.6) is 0 Å². The maximum absolute atomic E-state index is 14.1. The Morgan fingerprint density at radius 2 is 1.92 bits per heavy atom. The minimum atomic E-state index is -3.95. The van der Waals surface area contributed by atoms with Crippen molar-refractivity contribution in [2.45, 2.75) is 37.6 Å². The van der Waals surface area contributed by atoms with E-state index in [1.54, 1.807) is 13.8 Å². The van der Waals surface area contributed by atoms with E-state index in [0.717, 1.165) is 36.5 Å². The molecule has 1 amide bonds. The summed E-state index contributed by atoms with van der Waals surface area (Å²) < 4.78 is 40.3. The van der Waals surface area contributed by atoms with Crippen molar-refractivity contribution in [1.82, 2.24) is 9.62 Å². The Hall–Kier alpha value is -1.12. The number of carbonyl (C=O) groups excluding carboxylic acids is 1. The van der Waals surface area contributed by atoms with E-state index < -0.39 is 20.7 Å². The van der Waals surface area contributed by atoms with E-state index in [2.05, 4.69) is 5.32 Å². The second-order valence-electron chi connectivity index (χ2n) is 5.59. The van der Waals surface area contributed by atoms with Gasteiger partial charge in [-0.05, 0) is 42.5 Å². The molecule has 1 aromatic rings. The highest BCUT2D eigenvalue weighted by atomic mass is 32.2. The summed E-state index contributed by atoms with van der Waals surface area (Å²) >= 11 is 1.85. The lowest BCUT2D eigenvalue weighted by atomic mass is 10.1. The molecule has 0 radical (unpaired) electrons. The van der Waals surface area contributed by atoms with Crippen LogP contribution in [0.15, 0.2) is 23.1 Å². The van der Waals surface area contributed by atoms with Crippen LogP contribution < -0.4 is 5.32 Å². The third-order valence-corrected chi connectivity index (χ3v) is 7.19. The normalized spacial score (nSPS) is 16.3. The number of halogens is 1. The second kappa shape index (κ2) is 8.31. The van der Waals surface area contributed by atoms with E-state index in [1.165, 1.54) is 10.4 Å². The van der Waals surface area contributed by atoms with Gasteiger partial charge in [0, 0.05) is 24.7 Å². The van der Waals surface area contributed by atoms with Gasteiger partial charge in [0.15, 0.2) is 0 Å². The molecular formula is C16H23FN2O3S2. The van der Waals surface area contributed by atoms with Crippen LogP contribution in [0.1, 0.15) is 37.0 Å². The van der Waals surface area contributed by atoms with Gasteiger partial charge in [-0.2, -0.15) is 16.1 Å². The molecular weight excluding hydrogens is 351 g/mol. The lowest BCUT2D eigenvalue weighted by Crippen LogP contribution is -2.37. The van der Waals surface area contributed by atoms with Gasteiger partial charge in [0.05, 0.1) is 0 Å². The number of nitrogens with zero attached hydrogens (tertiary/aromatic N) is 1. The van der Waals surface area contributed by atoms with Gasteiger partial charge in [0.25, 0.3) is 5.91 Å². The Kier molecular flexibility index (Phi) is 6.65. The Balaban J connectivity index is 2.26. The van der Waals surface area contributed by atoms with Crippen LogP contribution >= 0.6 is 11.8 Å². The molecule has 1 fully saturated rings. The summed E-state index contributed by atoms with van der Waals surface area (Å²) in [6, 6.07) is 3.59. The van der Waals surface area contributed by atoms with Gasteiger partial charge >= 0.3 is 0 Å². The molecule has 2 rings (SSSR count). The largest absolute Gasteiger partial charge is 0.349 e. The molecule has 134 valence electrons. The van der Waals surface area contributed by atoms with Crippen LogP contribution in [0.2, 0.25) is 0 Å². The molecule has 1 N–H and O–H groups in total. The van der Waals surface area contributed by atoms with Crippen LogP contribution in [0.4, 0.5) is 4.39 Å². The summed E-state index contributed by atoms with van der Waals surface area (Å²) in [4.78, 5) is 11.9. The quantitative estimate of drug-likeness (QED) is 0.831. The van der Waals surface area contributed by atoms with Gasteiger partial charge in [0.2, 0.25) is 10.0 Å². The molecule has 8 heteroatoms. The molecule has 0 unspecified atom stereocenters. The number of sulfonamides is 1. The molecule has 1 aliphatic rings. The molecule has 1 aliphatic heterocycles. The van der Waals surface area contributed by atoms with Gasteiger partial charge in [-0.1, -0.05) is 13.8 Å². The Labute approximate surface area is 147 Å². The Morgan fingerprint density at radius 1 is 1.29 bits per heavy atom. The van der Waals surface area contributed by atoms with Crippen molar-refractivity contribution in [2.24, 2.45) is 0 Å². The summed E-state index contributed by atoms with van der Waals surface area (Å²) in [5.74, 6) is 0.793. The first-order valence-corrected chi connectivity index (χ1v) is 10.7. The number of amides is 1. The predicted molar refractivity (Wildman–Crippen MR) is 94.3 cm³/mol. The summed E-state index contributed by atoms with van der Waals surface area (Å²) in [5.41, 5.74) is 0.167. The fraction of sp³-hybridized carbons (Fsp3) is 0.562. The average molecular weight is 375 g/mol. The van der Waals surface area contributed by atoms with E-state index in [4.69, 9.17) is 0 Å². The van der Waals surface area contributed by atoms with E-state index in [1.807, 2.05) is 11.8 Å². The smallest absolute Gasteiger partial charge is 0.251 e. The van der Waals surface area contributed by atoms with Gasteiger partial charge in [-0.3, -0.25) is 4.79 Å². The van der Waals surface area contributed by atoms with Gasteiger partial charge < -0.3 is 5.32 Å². The molecule has 1 aromatic carbocycles. The third-order valence-electron chi connectivity index (χ3n) is 4.07. The van der Waals surface area contributed by atoms with Crippen LogP contribution in [0.25, 0.3) is 0 Å². The fourth-order valence-corrected chi connectivity index (χ4v) is 5.31. The number of thioether (sulfide) groups is 1. The molecule has 1 heterocycles. The fourth-order valence-electron chi connectivity index (χ4n) is 2.66. The minimum absolute atomic E-state index is 0.0895. The van der Waals surface area contributed by atoms with Gasteiger partial charge in [-0.15, -0.1) is 0 Å². The highest BCUT2D eigenvalue weighted by molar-refractivity contribution is 7.99. The maximum Gasteiger partial charge on any atom is 0.251 e. The van der Waals surface area contributed by atoms with Crippen LogP contribution in [-0.2, 0) is 10.0 Å². The lowest BCUT2D eigenvalue weighted by molar-refractivity contribution is 0.0934. The molecule has 0 bridgehead atoms. The number of nitrogens with one attached hydrogen (secondary N) is 1. The van der Waals surface area contributed by atoms with Crippen molar-refractivity contribution in [1.29, 1.82) is 0 Å². The lowest BCUT2D eigenvalue weighted by Gasteiger charge is -2.23. The highest BCUT2D eigenvalue weighted by Gasteiger charge is 2.27. The summed E-state index contributed by atoms with van der Waals surface area (Å²) in [6.45, 7) is 3.87. The van der Waals surface area contributed by atoms with Crippen LogP contribution in [0, 0.1) is 5.82 Å². The molecule has 0 saturated carbocycles. The minimum Gasteiger partial charge on any atom is -0.349 e. The number of carbonyl (C=O) groups is 1. The second-order valence-corrected chi connectivity index (χ2v) is 8.73. The first kappa shape index (κ1) is 19.2. The van der Waals surface area contributed by atoms with Gasteiger partial charge in [0.1, 0.15) is 10.7 Å². The molecule has 24 heavy (non-hydrogen) atoms. The van der Waals surface area contributed by atoms with E-state index in [9.17, 15) is 17.6 Å². The van der Waals surface area contributed by atoms with E-state index >= 15 is 0 Å². The molecule has 1 saturated heterocycles. The molecule has 0 atom stereocenters. The number of benzene rings is 1. The predicted octanol–water partition coefficient (Wildman–Crippen LogP) is 2.48. The highest BCUT2D eigenvalue weighted by Crippen LogP contribution is 2.22. The van der Waals surface area contributed by atoms with Crippen molar-refractivity contribution in [3.63, 3.8) is 0 Å². The maximum atomic E-state index is 14.1. The average Bonchev–Trinajstić information content (AvgIpc) is 2.56. The number of rotatable bonds is 6. The summed E-state index contributed by atoms with van der Waals surface area (Å²) in [5, 5.41) is 2.91. The number of hydrogen-bond acceptors (Lipinski definition) is 4. The summed E-state index contributed by atoms with van der Waals surface area (Å²) in [7, 11) is -3.95. The van der Waals surface area contributed by atoms with Crippen LogP contribution in [-0.4, -0.2) is 49.3 Å². The van der Waals surface area contributed by atoms with E-state index in [0.29, 0.717) is 0 Å². The number of hydrogen-bond donors (Lipinski definition) is 1. The zero-order valence-electron chi connectivity index (χ0n) is 13.9. The monoisotopic (exact) mass is 374 g/mol. The molecule has 0 aromatic heterocycles. The van der Waals surface area contributed by atoms with Crippen LogP contribution in [0.3, 0.4) is 0 Å². The Morgan fingerprint density at radius 3 is 2.50 bits per heavy atom. The van der Waals surface area contributed by atoms with Crippen molar-refractivity contribution in [3.05, 3.63) is 29.6 Å². The standard InChI is InChI=1S/C16H23FN2O3S2/c1-3-19(4-2)24(21,22)15-11-12(5-6-14(15)17)16(20)18-13-7-9-23-10-8-13/h5-6,11,13H,3-4,7-10H2,1-2H3,(H,18,20). The third kappa shape index (κ3) is 4.29. The van der Waals surface area contributed by atoms with Crippen molar-refractivity contribution < 1.29 is 17.6 Å². The summed E-state index contributed by atoms with van der Waals surface area (Å²) in [6.07, 6.45) is 1.78. The molecule has 5 nitrogen and oxygen atoms in total. The zero-order chi connectivity index (χ0) is 17.7. The topological polar surface area (TPSA) is 66.5 Å². The van der Waals surface area contributed by atoms with E-state index in [-0.39, 0.29) is 30.6 Å². The van der Waals surface area contributed by atoms with Gasteiger partial charge in [-0.25, -0.2) is 12.8 Å².